The number of hydrogen-bond acceptors (Lipinski definition) is 4. The van der Waals surface area contributed by atoms with Crippen molar-refractivity contribution in [3.63, 3.8) is 0 Å². The zero-order chi connectivity index (χ0) is 18.2. The first-order chi connectivity index (χ1) is 12.1. The molecule has 1 amide bonds. The molecule has 2 atom stereocenters. The summed E-state index contributed by atoms with van der Waals surface area (Å²) in [6.45, 7) is 8.92. The zero-order valence-corrected chi connectivity index (χ0v) is 17.0. The molecule has 1 aliphatic heterocycles. The van der Waals surface area contributed by atoms with Crippen molar-refractivity contribution in [2.45, 2.75) is 52.5 Å². The molecular formula is C20H33ClN2O3. The lowest BCUT2D eigenvalue weighted by Gasteiger charge is -2.34. The van der Waals surface area contributed by atoms with Crippen LogP contribution in [0.15, 0.2) is 18.2 Å². The van der Waals surface area contributed by atoms with Gasteiger partial charge in [-0.1, -0.05) is 13.8 Å². The van der Waals surface area contributed by atoms with Crippen LogP contribution in [0.5, 0.6) is 11.5 Å². The van der Waals surface area contributed by atoms with E-state index >= 15 is 0 Å². The van der Waals surface area contributed by atoms with Gasteiger partial charge in [-0.2, -0.15) is 0 Å². The van der Waals surface area contributed by atoms with Crippen LogP contribution in [-0.2, 0) is 0 Å². The molecule has 0 spiro atoms. The molecule has 0 aliphatic carbocycles. The molecule has 1 fully saturated rings. The normalized spacial score (nSPS) is 18.0. The molecule has 0 saturated carbocycles. The summed E-state index contributed by atoms with van der Waals surface area (Å²) in [6, 6.07) is 5.62. The Labute approximate surface area is 163 Å². The third-order valence-electron chi connectivity index (χ3n) is 4.60. The number of likely N-dealkylation sites (tertiary alicyclic amines) is 1. The minimum atomic E-state index is 0. The van der Waals surface area contributed by atoms with E-state index in [1.165, 1.54) is 0 Å². The van der Waals surface area contributed by atoms with Crippen LogP contribution in [0.2, 0.25) is 0 Å². The van der Waals surface area contributed by atoms with Crippen LogP contribution in [-0.4, -0.2) is 43.2 Å². The lowest BCUT2D eigenvalue weighted by atomic mass is 9.92. The van der Waals surface area contributed by atoms with Crippen LogP contribution < -0.4 is 15.2 Å². The summed E-state index contributed by atoms with van der Waals surface area (Å²) in [4.78, 5) is 14.8. The summed E-state index contributed by atoms with van der Waals surface area (Å²) >= 11 is 0. The molecule has 26 heavy (non-hydrogen) atoms. The van der Waals surface area contributed by atoms with Gasteiger partial charge in [-0.15, -0.1) is 12.4 Å². The number of nitrogens with two attached hydrogens (primary N) is 1. The summed E-state index contributed by atoms with van der Waals surface area (Å²) in [7, 11) is 0. The van der Waals surface area contributed by atoms with Crippen LogP contribution in [0.3, 0.4) is 0 Å². The van der Waals surface area contributed by atoms with E-state index in [9.17, 15) is 4.79 Å². The van der Waals surface area contributed by atoms with Gasteiger partial charge in [-0.05, 0) is 56.7 Å². The molecule has 0 radical (unpaired) electrons. The van der Waals surface area contributed by atoms with E-state index in [0.717, 1.165) is 38.8 Å². The van der Waals surface area contributed by atoms with Crippen molar-refractivity contribution >= 4 is 18.3 Å². The molecule has 2 rings (SSSR count). The smallest absolute Gasteiger partial charge is 0.254 e. The molecule has 148 valence electrons. The molecule has 6 heteroatoms. The molecule has 5 nitrogen and oxygen atoms in total. The van der Waals surface area contributed by atoms with Gasteiger partial charge in [-0.25, -0.2) is 0 Å². The minimum Gasteiger partial charge on any atom is -0.490 e. The number of ether oxygens (including phenoxy) is 2. The maximum absolute atomic E-state index is 12.9. The summed E-state index contributed by atoms with van der Waals surface area (Å²) in [5.41, 5.74) is 6.69. The number of benzene rings is 1. The third-order valence-corrected chi connectivity index (χ3v) is 4.60. The minimum absolute atomic E-state index is 0. The van der Waals surface area contributed by atoms with Crippen LogP contribution in [0.1, 0.15) is 56.8 Å². The van der Waals surface area contributed by atoms with Crippen molar-refractivity contribution in [1.82, 2.24) is 4.90 Å². The van der Waals surface area contributed by atoms with E-state index in [1.807, 2.05) is 30.0 Å². The second-order valence-electron chi connectivity index (χ2n) is 6.87. The Hall–Kier alpha value is -1.46. The number of amides is 1. The Balaban J connectivity index is 0.00000338. The number of carbonyl (C=O) groups excluding carboxylic acids is 1. The fourth-order valence-corrected chi connectivity index (χ4v) is 3.10. The number of nitrogens with zero attached hydrogens (tertiary/aromatic N) is 1. The largest absolute Gasteiger partial charge is 0.490 e. The van der Waals surface area contributed by atoms with Crippen molar-refractivity contribution in [2.75, 3.05) is 26.3 Å². The standard InChI is InChI=1S/C20H32N2O3.ClH/c1-4-11-24-18-9-8-16(13-19(18)25-12-5-2)20(23)22-10-6-7-17(14-22)15(3)21;/h8-9,13,15,17H,4-7,10-12,14,21H2,1-3H3;1H. The fraction of sp³-hybridized carbons (Fsp3) is 0.650. The molecule has 0 bridgehead atoms. The van der Waals surface area contributed by atoms with Gasteiger partial charge < -0.3 is 20.1 Å². The first-order valence-electron chi connectivity index (χ1n) is 9.51. The van der Waals surface area contributed by atoms with Gasteiger partial charge in [0.2, 0.25) is 0 Å². The van der Waals surface area contributed by atoms with Gasteiger partial charge in [0.25, 0.3) is 5.91 Å². The third kappa shape index (κ3) is 6.06. The lowest BCUT2D eigenvalue weighted by molar-refractivity contribution is 0.0660. The average molecular weight is 385 g/mol. The number of rotatable bonds is 8. The topological polar surface area (TPSA) is 64.8 Å². The zero-order valence-electron chi connectivity index (χ0n) is 16.2. The van der Waals surface area contributed by atoms with Crippen LogP contribution >= 0.6 is 12.4 Å². The van der Waals surface area contributed by atoms with E-state index in [0.29, 0.717) is 36.2 Å². The molecule has 1 saturated heterocycles. The van der Waals surface area contributed by atoms with E-state index in [1.54, 1.807) is 0 Å². The van der Waals surface area contributed by atoms with E-state index in [2.05, 4.69) is 13.8 Å². The van der Waals surface area contributed by atoms with Gasteiger partial charge in [0, 0.05) is 24.7 Å². The molecular weight excluding hydrogens is 352 g/mol. The maximum atomic E-state index is 12.9. The lowest BCUT2D eigenvalue weighted by Crippen LogP contribution is -2.45. The van der Waals surface area contributed by atoms with Gasteiger partial charge in [-0.3, -0.25) is 4.79 Å². The van der Waals surface area contributed by atoms with Crippen molar-refractivity contribution < 1.29 is 14.3 Å². The predicted octanol–water partition coefficient (Wildman–Crippen LogP) is 3.89. The Morgan fingerprint density at radius 2 is 1.88 bits per heavy atom. The van der Waals surface area contributed by atoms with Crippen molar-refractivity contribution in [3.05, 3.63) is 23.8 Å². The van der Waals surface area contributed by atoms with Crippen LogP contribution in [0.25, 0.3) is 0 Å². The molecule has 0 aromatic heterocycles. The highest BCUT2D eigenvalue weighted by Gasteiger charge is 2.27. The first kappa shape index (κ1) is 22.6. The molecule has 1 aromatic rings. The number of piperidine rings is 1. The number of carbonyl (C=O) groups is 1. The summed E-state index contributed by atoms with van der Waals surface area (Å²) in [5.74, 6) is 1.79. The van der Waals surface area contributed by atoms with Crippen LogP contribution in [0, 0.1) is 5.92 Å². The van der Waals surface area contributed by atoms with E-state index in [4.69, 9.17) is 15.2 Å². The van der Waals surface area contributed by atoms with Gasteiger partial charge in [0.15, 0.2) is 11.5 Å². The fourth-order valence-electron chi connectivity index (χ4n) is 3.10. The quantitative estimate of drug-likeness (QED) is 0.738. The van der Waals surface area contributed by atoms with E-state index in [-0.39, 0.29) is 24.4 Å². The maximum Gasteiger partial charge on any atom is 0.254 e. The monoisotopic (exact) mass is 384 g/mol. The van der Waals surface area contributed by atoms with E-state index < -0.39 is 0 Å². The predicted molar refractivity (Wildman–Crippen MR) is 108 cm³/mol. The second-order valence-corrected chi connectivity index (χ2v) is 6.87. The highest BCUT2D eigenvalue weighted by Crippen LogP contribution is 2.30. The number of halogens is 1. The molecule has 2 N–H and O–H groups in total. The first-order valence-corrected chi connectivity index (χ1v) is 9.51. The molecule has 1 aliphatic rings. The number of hydrogen-bond donors (Lipinski definition) is 1. The Morgan fingerprint density at radius 3 is 2.50 bits per heavy atom. The van der Waals surface area contributed by atoms with Crippen molar-refractivity contribution in [3.8, 4) is 11.5 Å². The van der Waals surface area contributed by atoms with Gasteiger partial charge in [0.1, 0.15) is 0 Å². The Morgan fingerprint density at radius 1 is 1.23 bits per heavy atom. The SMILES string of the molecule is CCCOc1ccc(C(=O)N2CCCC(C(C)N)C2)cc1OCCC.Cl. The van der Waals surface area contributed by atoms with Crippen LogP contribution in [0.4, 0.5) is 0 Å². The molecule has 1 heterocycles. The summed E-state index contributed by atoms with van der Waals surface area (Å²) < 4.78 is 11.6. The highest BCUT2D eigenvalue weighted by atomic mass is 35.5. The average Bonchev–Trinajstić information content (AvgIpc) is 2.64. The van der Waals surface area contributed by atoms with Crippen molar-refractivity contribution in [2.24, 2.45) is 11.7 Å². The summed E-state index contributed by atoms with van der Waals surface area (Å²) in [6.07, 6.45) is 3.94. The molecule has 2 unspecified atom stereocenters. The van der Waals surface area contributed by atoms with Gasteiger partial charge in [0.05, 0.1) is 13.2 Å². The van der Waals surface area contributed by atoms with Gasteiger partial charge >= 0.3 is 0 Å². The second kappa shape index (κ2) is 11.3. The Bertz CT molecular complexity index is 566. The molecule has 1 aromatic carbocycles. The summed E-state index contributed by atoms with van der Waals surface area (Å²) in [5, 5.41) is 0. The van der Waals surface area contributed by atoms with Crippen molar-refractivity contribution in [1.29, 1.82) is 0 Å². The Kier molecular flexibility index (Phi) is 9.81. The highest BCUT2D eigenvalue weighted by molar-refractivity contribution is 5.95.